The first kappa shape index (κ1) is 37.8. The standard InChI is InChI=1S/C49H58N8O4/c1-29-19-36-34(4-7-39-37(36)25-51-53-39)44(57(29)28-48(2)12-13-48)40-6-3-32(24-50-40)54-17-14-49(15-18-54)22-31(23-49)20-30-11-16-55-33(21-30)27-61-45-38-26-56(42-9-10-43(58)52-46(42)59)47(60)35(38)5-8-41(45)55/h3-8,24-25,29-31,33,42,44H,9-23,26-28H2,1-2H3,(H,51,53)(H,52,58,59)/t29-,30?,33-,42+,44+/m1/s1. The van der Waals surface area contributed by atoms with Crippen LogP contribution in [-0.4, -0.2) is 93.6 Å². The molecule has 5 fully saturated rings. The number of pyridine rings is 1. The minimum Gasteiger partial charge on any atom is -0.489 e. The zero-order chi connectivity index (χ0) is 41.2. The number of aromatic amines is 1. The molecule has 6 aliphatic heterocycles. The summed E-state index contributed by atoms with van der Waals surface area (Å²) >= 11 is 0. The van der Waals surface area contributed by atoms with Gasteiger partial charge in [0.2, 0.25) is 11.8 Å². The van der Waals surface area contributed by atoms with Gasteiger partial charge in [0.25, 0.3) is 5.91 Å². The Bertz CT molecular complexity index is 2430. The van der Waals surface area contributed by atoms with Gasteiger partial charge in [-0.25, -0.2) is 0 Å². The molecule has 3 saturated heterocycles. The van der Waals surface area contributed by atoms with Gasteiger partial charge in [0, 0.05) is 55.2 Å². The Labute approximate surface area is 357 Å². The Morgan fingerprint density at radius 3 is 2.54 bits per heavy atom. The van der Waals surface area contributed by atoms with Crippen molar-refractivity contribution in [1.29, 1.82) is 0 Å². The van der Waals surface area contributed by atoms with Gasteiger partial charge < -0.3 is 19.4 Å². The molecule has 61 heavy (non-hydrogen) atoms. The summed E-state index contributed by atoms with van der Waals surface area (Å²) in [5, 5.41) is 11.2. The summed E-state index contributed by atoms with van der Waals surface area (Å²) in [7, 11) is 0. The molecule has 12 nitrogen and oxygen atoms in total. The molecule has 0 radical (unpaired) electrons. The SMILES string of the molecule is C[C@@H]1Cc2c(ccc3[nH]ncc23)[C@@H](c2ccc(N3CCC4(CC3)CC(CC3CCN5c6ccc7c(c6OC[C@H]5C3)CN([C@H]3CCC(=O)NC3=O)C7=O)C4)cn2)N1CC1(C)CC1. The highest BCUT2D eigenvalue weighted by molar-refractivity contribution is 6.06. The van der Waals surface area contributed by atoms with Crippen molar-refractivity contribution in [3.8, 4) is 5.75 Å². The lowest BCUT2D eigenvalue weighted by molar-refractivity contribution is -0.136. The third-order valence-electron chi connectivity index (χ3n) is 16.7. The number of hydrogen-bond donors (Lipinski definition) is 2. The average molecular weight is 823 g/mol. The lowest BCUT2D eigenvalue weighted by Crippen LogP contribution is -2.52. The van der Waals surface area contributed by atoms with E-state index in [-0.39, 0.29) is 30.2 Å². The molecular formula is C49H58N8O4. The van der Waals surface area contributed by atoms with Crippen LogP contribution in [0.2, 0.25) is 0 Å². The molecule has 1 spiro atoms. The van der Waals surface area contributed by atoms with Crippen LogP contribution in [0.15, 0.2) is 48.8 Å². The number of imide groups is 1. The molecule has 4 aromatic rings. The third-order valence-corrected chi connectivity index (χ3v) is 16.7. The molecule has 8 aliphatic rings. The smallest absolute Gasteiger partial charge is 0.255 e. The van der Waals surface area contributed by atoms with E-state index in [0.717, 1.165) is 73.1 Å². The van der Waals surface area contributed by atoms with Crippen molar-refractivity contribution in [3.63, 3.8) is 0 Å². The number of H-pyrrole nitrogens is 1. The molecule has 2 aromatic carbocycles. The van der Waals surface area contributed by atoms with Crippen molar-refractivity contribution in [3.05, 3.63) is 76.7 Å². The second kappa shape index (κ2) is 14.0. The summed E-state index contributed by atoms with van der Waals surface area (Å²) < 4.78 is 6.50. The number of carbonyl (C=O) groups is 3. The summed E-state index contributed by atoms with van der Waals surface area (Å²) in [5.41, 5.74) is 9.87. The fourth-order valence-corrected chi connectivity index (χ4v) is 13.0. The number of benzene rings is 2. The predicted molar refractivity (Wildman–Crippen MR) is 232 cm³/mol. The Kier molecular flexibility index (Phi) is 8.68. The maximum Gasteiger partial charge on any atom is 0.255 e. The lowest BCUT2D eigenvalue weighted by atomic mass is 9.55. The first-order chi connectivity index (χ1) is 29.6. The van der Waals surface area contributed by atoms with E-state index < -0.39 is 6.04 Å². The van der Waals surface area contributed by atoms with E-state index >= 15 is 0 Å². The fraction of sp³-hybridized carbons (Fsp3) is 0.571. The van der Waals surface area contributed by atoms with E-state index in [1.807, 2.05) is 12.3 Å². The van der Waals surface area contributed by atoms with Crippen LogP contribution < -0.4 is 19.9 Å². The summed E-state index contributed by atoms with van der Waals surface area (Å²) in [5.74, 6) is 1.54. The largest absolute Gasteiger partial charge is 0.489 e. The Morgan fingerprint density at radius 1 is 0.902 bits per heavy atom. The normalized spacial score (nSPS) is 29.1. The van der Waals surface area contributed by atoms with Crippen molar-refractivity contribution in [2.75, 3.05) is 42.6 Å². The van der Waals surface area contributed by atoms with E-state index in [0.29, 0.717) is 54.0 Å². The molecule has 0 bridgehead atoms. The number of ether oxygens (including phenoxy) is 1. The van der Waals surface area contributed by atoms with E-state index in [9.17, 15) is 14.4 Å². The minimum atomic E-state index is -0.620. The predicted octanol–water partition coefficient (Wildman–Crippen LogP) is 6.92. The zero-order valence-electron chi connectivity index (χ0n) is 35.6. The van der Waals surface area contributed by atoms with E-state index in [1.165, 1.54) is 73.6 Å². The quantitative estimate of drug-likeness (QED) is 0.191. The summed E-state index contributed by atoms with van der Waals surface area (Å²) in [6.07, 6.45) is 17.4. The van der Waals surface area contributed by atoms with E-state index in [4.69, 9.17) is 9.72 Å². The van der Waals surface area contributed by atoms with Gasteiger partial charge in [-0.2, -0.15) is 5.10 Å². The van der Waals surface area contributed by atoms with Crippen LogP contribution in [0.3, 0.4) is 0 Å². The number of nitrogens with one attached hydrogen (secondary N) is 2. The summed E-state index contributed by atoms with van der Waals surface area (Å²) in [4.78, 5) is 52.5. The first-order valence-electron chi connectivity index (χ1n) is 23.2. The molecule has 12 rings (SSSR count). The number of fused-ring (bicyclic) bond motifs is 8. The van der Waals surface area contributed by atoms with Crippen molar-refractivity contribution < 1.29 is 19.1 Å². The average Bonchev–Trinajstić information content (AvgIpc) is 3.61. The second-order valence-electron chi connectivity index (χ2n) is 20.7. The fourth-order valence-electron chi connectivity index (χ4n) is 13.0. The van der Waals surface area contributed by atoms with Gasteiger partial charge in [0.15, 0.2) is 0 Å². The lowest BCUT2D eigenvalue weighted by Gasteiger charge is -2.54. The van der Waals surface area contributed by atoms with Crippen LogP contribution >= 0.6 is 0 Å². The molecule has 5 atom stereocenters. The van der Waals surface area contributed by atoms with Gasteiger partial charge >= 0.3 is 0 Å². The zero-order valence-corrected chi connectivity index (χ0v) is 35.6. The van der Waals surface area contributed by atoms with Gasteiger partial charge in [-0.3, -0.25) is 34.7 Å². The van der Waals surface area contributed by atoms with Crippen molar-refractivity contribution in [2.45, 2.75) is 122 Å². The van der Waals surface area contributed by atoms with Crippen LogP contribution in [0.5, 0.6) is 5.75 Å². The van der Waals surface area contributed by atoms with Crippen LogP contribution in [0.25, 0.3) is 10.9 Å². The van der Waals surface area contributed by atoms with Gasteiger partial charge in [-0.05, 0) is 142 Å². The van der Waals surface area contributed by atoms with Gasteiger partial charge in [-0.15, -0.1) is 0 Å². The van der Waals surface area contributed by atoms with Crippen molar-refractivity contribution >= 4 is 40.0 Å². The number of aromatic nitrogens is 3. The van der Waals surface area contributed by atoms with Gasteiger partial charge in [0.1, 0.15) is 18.4 Å². The third kappa shape index (κ3) is 6.36. The van der Waals surface area contributed by atoms with Crippen LogP contribution in [0, 0.1) is 22.7 Å². The minimum absolute atomic E-state index is 0.148. The van der Waals surface area contributed by atoms with Crippen molar-refractivity contribution in [1.82, 2.24) is 30.3 Å². The molecule has 2 aliphatic carbocycles. The highest BCUT2D eigenvalue weighted by Crippen LogP contribution is 2.56. The molecule has 2 saturated carbocycles. The van der Waals surface area contributed by atoms with E-state index in [1.54, 1.807) is 4.90 Å². The number of carbonyl (C=O) groups excluding carboxylic acids is 3. The van der Waals surface area contributed by atoms with Crippen LogP contribution in [0.1, 0.15) is 123 Å². The number of anilines is 2. The molecule has 318 valence electrons. The van der Waals surface area contributed by atoms with E-state index in [2.05, 4.69) is 80.6 Å². The number of rotatable bonds is 7. The van der Waals surface area contributed by atoms with Gasteiger partial charge in [-0.1, -0.05) is 13.0 Å². The summed E-state index contributed by atoms with van der Waals surface area (Å²) in [6, 6.07) is 13.5. The molecule has 2 aromatic heterocycles. The van der Waals surface area contributed by atoms with Crippen LogP contribution in [0.4, 0.5) is 11.4 Å². The second-order valence-corrected chi connectivity index (χ2v) is 20.7. The Morgan fingerprint density at radius 2 is 1.75 bits per heavy atom. The molecule has 2 N–H and O–H groups in total. The molecular weight excluding hydrogens is 765 g/mol. The monoisotopic (exact) mass is 822 g/mol. The molecule has 3 amide bonds. The first-order valence-corrected chi connectivity index (χ1v) is 23.2. The van der Waals surface area contributed by atoms with Crippen molar-refractivity contribution in [2.24, 2.45) is 22.7 Å². The highest BCUT2D eigenvalue weighted by atomic mass is 16.5. The number of hydrogen-bond acceptors (Lipinski definition) is 9. The number of amides is 3. The Balaban J connectivity index is 0.657. The molecule has 1 unspecified atom stereocenters. The molecule has 12 heteroatoms. The maximum absolute atomic E-state index is 13.4. The number of nitrogens with zero attached hydrogens (tertiary/aromatic N) is 6. The topological polar surface area (TPSA) is 127 Å². The number of piperidine rings is 3. The maximum atomic E-state index is 13.4. The van der Waals surface area contributed by atoms with Gasteiger partial charge in [0.05, 0.1) is 53.6 Å². The summed E-state index contributed by atoms with van der Waals surface area (Å²) in [6.45, 7) is 10.2. The Hall–Kier alpha value is -4.97. The molecule has 8 heterocycles. The van der Waals surface area contributed by atoms with Crippen LogP contribution in [-0.2, 0) is 22.6 Å². The highest BCUT2D eigenvalue weighted by Gasteiger charge is 2.49.